The van der Waals surface area contributed by atoms with Crippen LogP contribution in [0.4, 0.5) is 0 Å². The van der Waals surface area contributed by atoms with Crippen molar-refractivity contribution >= 4 is 16.9 Å². The third-order valence-corrected chi connectivity index (χ3v) is 5.19. The van der Waals surface area contributed by atoms with E-state index in [1.54, 1.807) is 72.8 Å². The van der Waals surface area contributed by atoms with Crippen LogP contribution in [0.1, 0.15) is 15.9 Å². The fourth-order valence-electron chi connectivity index (χ4n) is 3.51. The van der Waals surface area contributed by atoms with Gasteiger partial charge in [0.05, 0.1) is 10.9 Å². The quantitative estimate of drug-likeness (QED) is 0.246. The molecule has 166 valence electrons. The molecule has 0 aliphatic rings. The van der Waals surface area contributed by atoms with Crippen LogP contribution in [0.2, 0.25) is 0 Å². The Hall–Kier alpha value is -4.71. The summed E-state index contributed by atoms with van der Waals surface area (Å²) in [6, 6.07) is 30.2. The zero-order chi connectivity index (χ0) is 23.3. The Morgan fingerprint density at radius 1 is 0.765 bits per heavy atom. The largest absolute Gasteiger partial charge is 0.488 e. The highest BCUT2D eigenvalue weighted by Crippen LogP contribution is 2.31. The molecule has 1 heterocycles. The molecular weight excluding hydrogens is 430 g/mol. The molecule has 0 unspecified atom stereocenters. The second-order valence-corrected chi connectivity index (χ2v) is 7.48. The summed E-state index contributed by atoms with van der Waals surface area (Å²) >= 11 is 0. The lowest BCUT2D eigenvalue weighted by molar-refractivity contribution is 0.0730. The maximum Gasteiger partial charge on any atom is 0.347 e. The van der Waals surface area contributed by atoms with Gasteiger partial charge >= 0.3 is 5.97 Å². The Bertz CT molecular complexity index is 1530. The lowest BCUT2D eigenvalue weighted by atomic mass is 10.1. The van der Waals surface area contributed by atoms with Gasteiger partial charge in [0.1, 0.15) is 29.3 Å². The van der Waals surface area contributed by atoms with Gasteiger partial charge in [-0.3, -0.25) is 4.79 Å². The minimum Gasteiger partial charge on any atom is -0.488 e. The third kappa shape index (κ3) is 4.42. The molecule has 0 spiro atoms. The van der Waals surface area contributed by atoms with E-state index in [1.807, 2.05) is 30.3 Å². The highest BCUT2D eigenvalue weighted by atomic mass is 16.5. The lowest BCUT2D eigenvalue weighted by Gasteiger charge is -2.13. The summed E-state index contributed by atoms with van der Waals surface area (Å²) in [4.78, 5) is 29.6. The Balaban J connectivity index is 1.44. The van der Waals surface area contributed by atoms with Crippen LogP contribution in [-0.2, 0) is 6.61 Å². The number of nitrogens with zero attached hydrogens (tertiary/aromatic N) is 1. The molecule has 5 rings (SSSR count). The highest BCUT2D eigenvalue weighted by Gasteiger charge is 2.19. The fourth-order valence-corrected chi connectivity index (χ4v) is 3.51. The normalized spacial score (nSPS) is 10.7. The van der Waals surface area contributed by atoms with E-state index in [2.05, 4.69) is 4.98 Å². The van der Waals surface area contributed by atoms with Crippen molar-refractivity contribution in [3.05, 3.63) is 125 Å². The number of para-hydroxylation sites is 3. The minimum atomic E-state index is -0.598. The monoisotopic (exact) mass is 449 g/mol. The molecule has 0 aliphatic heterocycles. The zero-order valence-corrected chi connectivity index (χ0v) is 18.0. The predicted molar refractivity (Wildman–Crippen MR) is 128 cm³/mol. The van der Waals surface area contributed by atoms with Crippen molar-refractivity contribution < 1.29 is 18.7 Å². The molecule has 4 aromatic carbocycles. The summed E-state index contributed by atoms with van der Waals surface area (Å²) in [5.41, 5.74) is 1.63. The molecule has 0 aliphatic carbocycles. The van der Waals surface area contributed by atoms with E-state index in [-0.39, 0.29) is 17.2 Å². The molecule has 1 aromatic heterocycles. The van der Waals surface area contributed by atoms with E-state index in [4.69, 9.17) is 13.9 Å². The van der Waals surface area contributed by atoms with Crippen LogP contribution < -0.4 is 15.0 Å². The number of carbonyl (C=O) groups is 1. The van der Waals surface area contributed by atoms with Crippen molar-refractivity contribution in [1.82, 2.24) is 4.98 Å². The second-order valence-electron chi connectivity index (χ2n) is 7.48. The standard InChI is InChI=1S/C28H19NO5/c30-26-20-12-4-8-16-24(20)33-27(29-26)21-13-5-9-17-25(21)34-28(31)22-14-6-7-15-23(22)32-18-19-10-2-1-3-11-19/h1-17H,18H2. The van der Waals surface area contributed by atoms with Gasteiger partial charge in [-0.05, 0) is 42.0 Å². The van der Waals surface area contributed by atoms with E-state index < -0.39 is 11.5 Å². The molecule has 0 saturated carbocycles. The number of hydrogen-bond donors (Lipinski definition) is 0. The first-order valence-electron chi connectivity index (χ1n) is 10.7. The van der Waals surface area contributed by atoms with Gasteiger partial charge < -0.3 is 13.9 Å². The first-order valence-corrected chi connectivity index (χ1v) is 10.7. The molecule has 0 fully saturated rings. The number of hydrogen-bond acceptors (Lipinski definition) is 6. The first kappa shape index (κ1) is 21.2. The van der Waals surface area contributed by atoms with Gasteiger partial charge in [-0.2, -0.15) is 4.98 Å². The van der Waals surface area contributed by atoms with Crippen molar-refractivity contribution in [1.29, 1.82) is 0 Å². The summed E-state index contributed by atoms with van der Waals surface area (Å²) in [5, 5.41) is 0.380. The molecule has 34 heavy (non-hydrogen) atoms. The average molecular weight is 449 g/mol. The van der Waals surface area contributed by atoms with Crippen LogP contribution >= 0.6 is 0 Å². The molecule has 0 saturated heterocycles. The highest BCUT2D eigenvalue weighted by molar-refractivity contribution is 5.94. The summed E-state index contributed by atoms with van der Waals surface area (Å²) in [6.45, 7) is 0.313. The van der Waals surface area contributed by atoms with Gasteiger partial charge in [-0.15, -0.1) is 0 Å². The summed E-state index contributed by atoms with van der Waals surface area (Å²) in [5.74, 6) is 0.0976. The predicted octanol–water partition coefficient (Wildman–Crippen LogP) is 5.65. The molecule has 0 atom stereocenters. The third-order valence-electron chi connectivity index (χ3n) is 5.19. The van der Waals surface area contributed by atoms with E-state index in [1.165, 1.54) is 0 Å². The van der Waals surface area contributed by atoms with Crippen LogP contribution in [0.25, 0.3) is 22.4 Å². The summed E-state index contributed by atoms with van der Waals surface area (Å²) in [6.07, 6.45) is 0. The number of esters is 1. The van der Waals surface area contributed by atoms with Gasteiger partial charge in [-0.25, -0.2) is 4.79 Å². The number of carbonyl (C=O) groups excluding carboxylic acids is 1. The van der Waals surface area contributed by atoms with Crippen molar-refractivity contribution in [3.8, 4) is 23.0 Å². The molecule has 6 heteroatoms. The van der Waals surface area contributed by atoms with Crippen molar-refractivity contribution in [2.24, 2.45) is 0 Å². The Morgan fingerprint density at radius 2 is 1.44 bits per heavy atom. The topological polar surface area (TPSA) is 78.6 Å². The summed E-state index contributed by atoms with van der Waals surface area (Å²) < 4.78 is 17.4. The number of ether oxygens (including phenoxy) is 2. The SMILES string of the molecule is O=C(Oc1ccccc1-c1nc(=O)c2ccccc2o1)c1ccccc1OCc1ccccc1. The number of fused-ring (bicyclic) bond motifs is 1. The number of benzene rings is 4. The zero-order valence-electron chi connectivity index (χ0n) is 18.0. The van der Waals surface area contributed by atoms with Crippen LogP contribution in [0.15, 0.2) is 112 Å². The minimum absolute atomic E-state index is 0.0701. The first-order chi connectivity index (χ1) is 16.7. The van der Waals surface area contributed by atoms with Crippen molar-refractivity contribution in [2.75, 3.05) is 0 Å². The molecule has 6 nitrogen and oxygen atoms in total. The Kier molecular flexibility index (Phi) is 5.86. The lowest BCUT2D eigenvalue weighted by Crippen LogP contribution is -2.12. The second kappa shape index (κ2) is 9.42. The van der Waals surface area contributed by atoms with Crippen molar-refractivity contribution in [3.63, 3.8) is 0 Å². The number of rotatable bonds is 6. The van der Waals surface area contributed by atoms with E-state index in [0.29, 0.717) is 28.9 Å². The smallest absolute Gasteiger partial charge is 0.347 e. The van der Waals surface area contributed by atoms with E-state index >= 15 is 0 Å². The van der Waals surface area contributed by atoms with E-state index in [0.717, 1.165) is 5.56 Å². The van der Waals surface area contributed by atoms with Crippen LogP contribution in [0.3, 0.4) is 0 Å². The van der Waals surface area contributed by atoms with E-state index in [9.17, 15) is 9.59 Å². The van der Waals surface area contributed by atoms with Gasteiger partial charge in [0.25, 0.3) is 5.56 Å². The number of aromatic nitrogens is 1. The Labute approximate surface area is 195 Å². The van der Waals surface area contributed by atoms with Gasteiger partial charge in [0.2, 0.25) is 5.89 Å². The maximum atomic E-state index is 13.1. The van der Waals surface area contributed by atoms with Gasteiger partial charge in [0.15, 0.2) is 0 Å². The summed E-state index contributed by atoms with van der Waals surface area (Å²) in [7, 11) is 0. The van der Waals surface area contributed by atoms with Crippen molar-refractivity contribution in [2.45, 2.75) is 6.61 Å². The van der Waals surface area contributed by atoms with Crippen LogP contribution in [-0.4, -0.2) is 11.0 Å². The molecule has 0 radical (unpaired) electrons. The molecule has 5 aromatic rings. The van der Waals surface area contributed by atoms with Gasteiger partial charge in [-0.1, -0.05) is 66.7 Å². The average Bonchev–Trinajstić information content (AvgIpc) is 2.88. The molecular formula is C28H19NO5. The Morgan fingerprint density at radius 3 is 2.29 bits per heavy atom. The molecule has 0 N–H and O–H groups in total. The molecule has 0 bridgehead atoms. The molecule has 0 amide bonds. The fraction of sp³-hybridized carbons (Fsp3) is 0.0357. The van der Waals surface area contributed by atoms with Gasteiger partial charge in [0, 0.05) is 0 Å². The maximum absolute atomic E-state index is 13.1. The van der Waals surface area contributed by atoms with Crippen LogP contribution in [0, 0.1) is 0 Å². The van der Waals surface area contributed by atoms with Crippen LogP contribution in [0.5, 0.6) is 11.5 Å².